The molecule has 0 N–H and O–H groups in total. The van der Waals surface area contributed by atoms with Crippen LogP contribution in [0.2, 0.25) is 0 Å². The minimum Gasteiger partial charge on any atom is -0.461 e. The van der Waals surface area contributed by atoms with Gasteiger partial charge in [0.2, 0.25) is 5.76 Å². The maximum absolute atomic E-state index is 10.4. The molecule has 0 fully saturated rings. The molecule has 0 aliphatic rings. The fourth-order valence-corrected chi connectivity index (χ4v) is 0.727. The Balaban J connectivity index is 2.64. The summed E-state index contributed by atoms with van der Waals surface area (Å²) in [7, 11) is 0. The summed E-state index contributed by atoms with van der Waals surface area (Å²) in [4.78, 5) is 10.4. The second-order valence-corrected chi connectivity index (χ2v) is 2.17. The minimum atomic E-state index is -0.375. The van der Waals surface area contributed by atoms with Crippen molar-refractivity contribution in [2.45, 2.75) is 13.5 Å². The van der Waals surface area contributed by atoms with Crippen LogP contribution in [-0.4, -0.2) is 5.97 Å². The molecule has 62 valence electrons. The van der Waals surface area contributed by atoms with Gasteiger partial charge >= 0.3 is 5.97 Å². The van der Waals surface area contributed by atoms with Gasteiger partial charge in [0.15, 0.2) is 0 Å². The third kappa shape index (κ3) is 1.86. The van der Waals surface area contributed by atoms with E-state index in [1.54, 1.807) is 6.07 Å². The van der Waals surface area contributed by atoms with Gasteiger partial charge in [-0.3, -0.25) is 4.79 Å². The van der Waals surface area contributed by atoms with Gasteiger partial charge in [-0.25, -0.2) is 0 Å². The monoisotopic (exact) mass is 165 g/mol. The molecule has 0 aliphatic carbocycles. The fraction of sp³-hybridized carbons (Fsp3) is 0.250. The second kappa shape index (κ2) is 3.58. The lowest BCUT2D eigenvalue weighted by molar-refractivity contribution is -0.142. The summed E-state index contributed by atoms with van der Waals surface area (Å²) < 4.78 is 9.47. The number of carbonyl (C=O) groups excluding carboxylic acids is 1. The summed E-state index contributed by atoms with van der Waals surface area (Å²) >= 11 is 0. The van der Waals surface area contributed by atoms with Crippen LogP contribution in [0.4, 0.5) is 0 Å². The molecule has 0 unspecified atom stereocenters. The van der Waals surface area contributed by atoms with Crippen LogP contribution in [0.3, 0.4) is 0 Å². The van der Waals surface area contributed by atoms with E-state index >= 15 is 0 Å². The Morgan fingerprint density at radius 3 is 3.17 bits per heavy atom. The first-order chi connectivity index (χ1) is 5.74. The molecule has 0 amide bonds. The highest BCUT2D eigenvalue weighted by Gasteiger charge is 2.05. The lowest BCUT2D eigenvalue weighted by Gasteiger charge is -1.97. The molecule has 4 nitrogen and oxygen atoms in total. The smallest absolute Gasteiger partial charge is 0.302 e. The zero-order valence-electron chi connectivity index (χ0n) is 6.53. The number of hydrogen-bond donors (Lipinski definition) is 0. The van der Waals surface area contributed by atoms with Crippen molar-refractivity contribution in [1.82, 2.24) is 0 Å². The number of hydrogen-bond acceptors (Lipinski definition) is 4. The van der Waals surface area contributed by atoms with Gasteiger partial charge in [0.1, 0.15) is 12.7 Å². The van der Waals surface area contributed by atoms with E-state index in [9.17, 15) is 4.79 Å². The summed E-state index contributed by atoms with van der Waals surface area (Å²) in [6.07, 6.45) is 1.39. The molecule has 1 aromatic rings. The molecule has 0 spiro atoms. The number of carbonyl (C=O) groups is 1. The molecule has 1 heterocycles. The average Bonchev–Trinajstić information content (AvgIpc) is 2.47. The molecule has 1 aromatic heterocycles. The van der Waals surface area contributed by atoms with Crippen LogP contribution >= 0.6 is 0 Å². The zero-order valence-corrected chi connectivity index (χ0v) is 6.53. The summed E-state index contributed by atoms with van der Waals surface area (Å²) in [5.41, 5.74) is 0.590. The maximum atomic E-state index is 10.4. The van der Waals surface area contributed by atoms with Crippen molar-refractivity contribution in [3.8, 4) is 6.07 Å². The van der Waals surface area contributed by atoms with Crippen LogP contribution < -0.4 is 0 Å². The van der Waals surface area contributed by atoms with E-state index in [0.717, 1.165) is 0 Å². The molecule has 4 heteroatoms. The van der Waals surface area contributed by atoms with Crippen molar-refractivity contribution in [1.29, 1.82) is 5.26 Å². The number of nitriles is 1. The van der Waals surface area contributed by atoms with Gasteiger partial charge in [-0.05, 0) is 6.07 Å². The highest BCUT2D eigenvalue weighted by atomic mass is 16.5. The van der Waals surface area contributed by atoms with Crippen molar-refractivity contribution < 1.29 is 13.9 Å². The molecule has 0 saturated heterocycles. The van der Waals surface area contributed by atoms with Crippen molar-refractivity contribution >= 4 is 5.97 Å². The largest absolute Gasteiger partial charge is 0.461 e. The predicted molar refractivity (Wildman–Crippen MR) is 38.9 cm³/mol. The van der Waals surface area contributed by atoms with Crippen molar-refractivity contribution in [3.05, 3.63) is 23.7 Å². The number of nitrogens with zero attached hydrogens (tertiary/aromatic N) is 1. The van der Waals surface area contributed by atoms with Crippen LogP contribution in [0.25, 0.3) is 0 Å². The molecule has 0 saturated carbocycles. The second-order valence-electron chi connectivity index (χ2n) is 2.17. The van der Waals surface area contributed by atoms with E-state index in [2.05, 4.69) is 4.74 Å². The van der Waals surface area contributed by atoms with Crippen molar-refractivity contribution in [2.75, 3.05) is 0 Å². The third-order valence-electron chi connectivity index (χ3n) is 1.28. The topological polar surface area (TPSA) is 63.2 Å². The van der Waals surface area contributed by atoms with Crippen molar-refractivity contribution in [2.24, 2.45) is 0 Å². The van der Waals surface area contributed by atoms with Crippen LogP contribution in [0.5, 0.6) is 0 Å². The molecule has 0 aromatic carbocycles. The molecule has 0 aliphatic heterocycles. The summed E-state index contributed by atoms with van der Waals surface area (Å²) in [5.74, 6) is -0.184. The van der Waals surface area contributed by atoms with Gasteiger partial charge < -0.3 is 9.15 Å². The summed E-state index contributed by atoms with van der Waals surface area (Å²) in [6.45, 7) is 1.40. The van der Waals surface area contributed by atoms with Crippen LogP contribution in [0.15, 0.2) is 16.7 Å². The fourth-order valence-electron chi connectivity index (χ4n) is 0.727. The third-order valence-corrected chi connectivity index (χ3v) is 1.28. The Hall–Kier alpha value is -1.76. The Kier molecular flexibility index (Phi) is 2.49. The highest BCUT2D eigenvalue weighted by Crippen LogP contribution is 2.09. The molecule has 0 bridgehead atoms. The number of furan rings is 1. The first-order valence-electron chi connectivity index (χ1n) is 3.34. The Morgan fingerprint density at radius 1 is 1.83 bits per heavy atom. The van der Waals surface area contributed by atoms with Gasteiger partial charge in [-0.2, -0.15) is 5.26 Å². The predicted octanol–water partition coefficient (Wildman–Crippen LogP) is 1.21. The first kappa shape index (κ1) is 8.34. The van der Waals surface area contributed by atoms with E-state index in [1.807, 2.05) is 6.07 Å². The Bertz CT molecular complexity index is 321. The molecular formula is C8H7NO3. The minimum absolute atomic E-state index is 0.0920. The van der Waals surface area contributed by atoms with E-state index in [0.29, 0.717) is 5.56 Å². The highest BCUT2D eigenvalue weighted by molar-refractivity contribution is 5.65. The van der Waals surface area contributed by atoms with Gasteiger partial charge in [-0.15, -0.1) is 0 Å². The molecule has 12 heavy (non-hydrogen) atoms. The molecule has 0 radical (unpaired) electrons. The average molecular weight is 165 g/mol. The number of ether oxygens (including phenoxy) is 1. The zero-order chi connectivity index (χ0) is 8.97. The first-order valence-corrected chi connectivity index (χ1v) is 3.34. The van der Waals surface area contributed by atoms with Crippen LogP contribution in [0.1, 0.15) is 18.2 Å². The van der Waals surface area contributed by atoms with E-state index in [4.69, 9.17) is 9.68 Å². The summed E-state index contributed by atoms with van der Waals surface area (Å²) in [5, 5.41) is 8.49. The normalized spacial score (nSPS) is 9.00. The molecule has 1 rings (SSSR count). The molecular weight excluding hydrogens is 158 g/mol. The van der Waals surface area contributed by atoms with Gasteiger partial charge in [-0.1, -0.05) is 0 Å². The Morgan fingerprint density at radius 2 is 2.58 bits per heavy atom. The van der Waals surface area contributed by atoms with Gasteiger partial charge in [0.05, 0.1) is 6.26 Å². The standard InChI is InChI=1S/C8H7NO3/c1-6(10)12-5-7-2-3-11-8(7)4-9/h2-3H,5H2,1H3. The van der Waals surface area contributed by atoms with Crippen molar-refractivity contribution in [3.63, 3.8) is 0 Å². The van der Waals surface area contributed by atoms with Gasteiger partial charge in [0, 0.05) is 12.5 Å². The number of esters is 1. The quantitative estimate of drug-likeness (QED) is 0.618. The number of rotatable bonds is 2. The molecule has 0 atom stereocenters. The van der Waals surface area contributed by atoms with Gasteiger partial charge in [0.25, 0.3) is 0 Å². The Labute approximate surface area is 69.4 Å². The van der Waals surface area contributed by atoms with E-state index in [1.165, 1.54) is 13.2 Å². The lowest BCUT2D eigenvalue weighted by Crippen LogP contribution is -1.98. The summed E-state index contributed by atoms with van der Waals surface area (Å²) in [6, 6.07) is 3.44. The lowest BCUT2D eigenvalue weighted by atomic mass is 10.3. The van der Waals surface area contributed by atoms with E-state index < -0.39 is 0 Å². The van der Waals surface area contributed by atoms with Crippen LogP contribution in [-0.2, 0) is 16.1 Å². The van der Waals surface area contributed by atoms with Crippen LogP contribution in [0, 0.1) is 11.3 Å². The van der Waals surface area contributed by atoms with E-state index in [-0.39, 0.29) is 18.3 Å². The SMILES string of the molecule is CC(=O)OCc1ccoc1C#N. The maximum Gasteiger partial charge on any atom is 0.302 e.